The Hall–Kier alpha value is -0.800. The molecule has 0 aromatic carbocycles. The van der Waals surface area contributed by atoms with Crippen molar-refractivity contribution in [2.45, 2.75) is 26.7 Å². The first-order valence-electron chi connectivity index (χ1n) is 2.46. The fraction of sp³-hybridized carbons (Fsp3) is 1.00. The maximum Gasteiger partial charge on any atom is 0.0689 e. The number of hydrogen-bond donors (Lipinski definition) is 0. The minimum absolute atomic E-state index is 1.32. The Labute approximate surface area is 48.2 Å². The second-order valence-electron chi connectivity index (χ2n) is 1.22. The van der Waals surface area contributed by atoms with Crippen molar-refractivity contribution < 1.29 is 5.09 Å². The third-order valence-corrected chi connectivity index (χ3v) is 0.500. The zero-order chi connectivity index (χ0) is 6.99. The van der Waals surface area contributed by atoms with E-state index >= 15 is 0 Å². The monoisotopic (exact) mass is 120 g/mol. The van der Waals surface area contributed by atoms with E-state index in [-0.39, 0.29) is 0 Å². The maximum atomic E-state index is 8.25. The molecule has 0 saturated carbocycles. The molecule has 0 radical (unpaired) electrons. The third-order valence-electron chi connectivity index (χ3n) is 0.500. The predicted octanol–water partition coefficient (Wildman–Crippen LogP) is 1.57. The van der Waals surface area contributed by atoms with Crippen LogP contribution in [0.1, 0.15) is 26.7 Å². The van der Waals surface area contributed by atoms with Gasteiger partial charge < -0.3 is 15.3 Å². The van der Waals surface area contributed by atoms with Gasteiger partial charge in [-0.3, -0.25) is 0 Å². The van der Waals surface area contributed by atoms with Crippen LogP contribution >= 0.6 is 0 Å². The molecule has 4 nitrogen and oxygen atoms in total. The standard InChI is InChI=1S/C4H10.NO3/c1-3-4-2;2-1(3)4/h3-4H2,1-2H3;/q;-1. The largest absolute Gasteiger partial charge is 0.356 e. The molecule has 4 heteroatoms. The molecule has 0 aromatic rings. The van der Waals surface area contributed by atoms with E-state index in [4.69, 9.17) is 15.3 Å². The highest BCUT2D eigenvalue weighted by Gasteiger charge is 1.56. The summed E-state index contributed by atoms with van der Waals surface area (Å²) in [5, 5.41) is 14.8. The second-order valence-corrected chi connectivity index (χ2v) is 1.22. The first kappa shape index (κ1) is 10.2. The zero-order valence-corrected chi connectivity index (χ0v) is 5.09. The highest BCUT2D eigenvalue weighted by atomic mass is 16.9. The Morgan fingerprint density at radius 2 is 1.38 bits per heavy atom. The molecule has 0 aliphatic carbocycles. The van der Waals surface area contributed by atoms with Gasteiger partial charge in [0, 0.05) is 0 Å². The Kier molecular flexibility index (Phi) is 12.2. The summed E-state index contributed by atoms with van der Waals surface area (Å²) in [6, 6.07) is 0. The fourth-order valence-corrected chi connectivity index (χ4v) is 0. The van der Waals surface area contributed by atoms with Crippen molar-refractivity contribution >= 4 is 0 Å². The summed E-state index contributed by atoms with van der Waals surface area (Å²) < 4.78 is 0. The molecule has 8 heavy (non-hydrogen) atoms. The number of hydrogen-bond acceptors (Lipinski definition) is 3. The summed E-state index contributed by atoms with van der Waals surface area (Å²) in [5.41, 5.74) is 0. The summed E-state index contributed by atoms with van der Waals surface area (Å²) in [4.78, 5) is 8.25. The van der Waals surface area contributed by atoms with Gasteiger partial charge in [-0.2, -0.15) is 0 Å². The number of nitrogens with zero attached hydrogens (tertiary/aromatic N) is 1. The van der Waals surface area contributed by atoms with Gasteiger partial charge in [-0.05, 0) is 0 Å². The smallest absolute Gasteiger partial charge is 0.0689 e. The van der Waals surface area contributed by atoms with Crippen LogP contribution in [0.3, 0.4) is 0 Å². The Morgan fingerprint density at radius 1 is 1.25 bits per heavy atom. The van der Waals surface area contributed by atoms with E-state index in [9.17, 15) is 0 Å². The Morgan fingerprint density at radius 3 is 1.38 bits per heavy atom. The van der Waals surface area contributed by atoms with E-state index in [2.05, 4.69) is 13.8 Å². The normalized spacial score (nSPS) is 6.75. The van der Waals surface area contributed by atoms with Gasteiger partial charge in [0.05, 0.1) is 5.09 Å². The summed E-state index contributed by atoms with van der Waals surface area (Å²) in [5.74, 6) is 0. The highest BCUT2D eigenvalue weighted by molar-refractivity contribution is 4.12. The summed E-state index contributed by atoms with van der Waals surface area (Å²) in [6.45, 7) is 4.36. The van der Waals surface area contributed by atoms with Crippen molar-refractivity contribution in [3.8, 4) is 0 Å². The fourth-order valence-electron chi connectivity index (χ4n) is 0. The zero-order valence-electron chi connectivity index (χ0n) is 5.09. The van der Waals surface area contributed by atoms with Gasteiger partial charge in [0.25, 0.3) is 0 Å². The number of unbranched alkanes of at least 4 members (excludes halogenated alkanes) is 1. The third kappa shape index (κ3) is 2290. The van der Waals surface area contributed by atoms with Crippen molar-refractivity contribution in [3.05, 3.63) is 15.3 Å². The summed E-state index contributed by atoms with van der Waals surface area (Å²) in [7, 11) is 0. The maximum absolute atomic E-state index is 8.25. The van der Waals surface area contributed by atoms with Gasteiger partial charge in [0.2, 0.25) is 0 Å². The SMILES string of the molecule is CCCC.O=[N+]([O-])[O-]. The van der Waals surface area contributed by atoms with Crippen molar-refractivity contribution in [2.75, 3.05) is 0 Å². The van der Waals surface area contributed by atoms with E-state index in [1.807, 2.05) is 0 Å². The topological polar surface area (TPSA) is 66.2 Å². The van der Waals surface area contributed by atoms with E-state index in [1.54, 1.807) is 0 Å². The van der Waals surface area contributed by atoms with Crippen LogP contribution in [0.25, 0.3) is 0 Å². The summed E-state index contributed by atoms with van der Waals surface area (Å²) >= 11 is 0. The quantitative estimate of drug-likeness (QED) is 0.389. The lowest BCUT2D eigenvalue weighted by molar-refractivity contribution is -0.402. The molecule has 0 unspecified atom stereocenters. The molecule has 0 saturated heterocycles. The molecule has 0 spiro atoms. The molecule has 0 aliphatic heterocycles. The van der Waals surface area contributed by atoms with E-state index in [0.29, 0.717) is 0 Å². The van der Waals surface area contributed by atoms with Gasteiger partial charge >= 0.3 is 0 Å². The van der Waals surface area contributed by atoms with Crippen LogP contribution in [0.5, 0.6) is 0 Å². The van der Waals surface area contributed by atoms with Gasteiger partial charge in [-0.15, -0.1) is 0 Å². The van der Waals surface area contributed by atoms with Gasteiger partial charge in [0.15, 0.2) is 0 Å². The first-order valence-corrected chi connectivity index (χ1v) is 2.46. The molecule has 0 aliphatic rings. The number of rotatable bonds is 1. The molecular weight excluding hydrogens is 110 g/mol. The van der Waals surface area contributed by atoms with E-state index < -0.39 is 5.09 Å². The van der Waals surface area contributed by atoms with Gasteiger partial charge in [-0.25, -0.2) is 0 Å². The molecule has 0 bridgehead atoms. The molecule has 0 rings (SSSR count). The van der Waals surface area contributed by atoms with Crippen LogP contribution in [0.2, 0.25) is 0 Å². The van der Waals surface area contributed by atoms with E-state index in [1.165, 1.54) is 12.8 Å². The van der Waals surface area contributed by atoms with Crippen LogP contribution in [0.4, 0.5) is 0 Å². The van der Waals surface area contributed by atoms with Crippen molar-refractivity contribution in [1.29, 1.82) is 0 Å². The Bertz CT molecular complexity index is 49.2. The summed E-state index contributed by atoms with van der Waals surface area (Å²) in [6.07, 6.45) is 2.64. The average Bonchev–Trinajstić information content (AvgIpc) is 1.65. The minimum Gasteiger partial charge on any atom is -0.356 e. The van der Waals surface area contributed by atoms with Gasteiger partial charge in [0.1, 0.15) is 0 Å². The minimum atomic E-state index is -1.75. The molecule has 0 atom stereocenters. The molecule has 0 N–H and O–H groups in total. The molecular formula is C4H10NO3-. The van der Waals surface area contributed by atoms with Crippen molar-refractivity contribution in [2.24, 2.45) is 0 Å². The molecule has 0 heterocycles. The molecule has 0 fully saturated rings. The molecule has 50 valence electrons. The second kappa shape index (κ2) is 9.50. The molecule has 0 aromatic heterocycles. The van der Waals surface area contributed by atoms with Gasteiger partial charge in [-0.1, -0.05) is 26.7 Å². The lowest BCUT2D eigenvalue weighted by atomic mass is 10.4. The van der Waals surface area contributed by atoms with Crippen LogP contribution in [0.15, 0.2) is 0 Å². The Balaban J connectivity index is 0. The van der Waals surface area contributed by atoms with Crippen LogP contribution in [-0.2, 0) is 0 Å². The van der Waals surface area contributed by atoms with Crippen LogP contribution < -0.4 is 0 Å². The predicted molar refractivity (Wildman–Crippen MR) is 30.9 cm³/mol. The highest BCUT2D eigenvalue weighted by Crippen LogP contribution is 1.76. The van der Waals surface area contributed by atoms with Crippen molar-refractivity contribution in [1.82, 2.24) is 0 Å². The first-order chi connectivity index (χ1) is 3.65. The average molecular weight is 120 g/mol. The lowest BCUT2D eigenvalue weighted by Gasteiger charge is -1.74. The molecule has 0 amide bonds. The lowest BCUT2D eigenvalue weighted by Crippen LogP contribution is -1.74. The van der Waals surface area contributed by atoms with Crippen LogP contribution in [0, 0.1) is 15.3 Å². The van der Waals surface area contributed by atoms with Crippen molar-refractivity contribution in [3.63, 3.8) is 0 Å². The van der Waals surface area contributed by atoms with Crippen LogP contribution in [-0.4, -0.2) is 5.09 Å². The van der Waals surface area contributed by atoms with E-state index in [0.717, 1.165) is 0 Å².